The third kappa shape index (κ3) is 5.94. The molecule has 0 saturated carbocycles. The van der Waals surface area contributed by atoms with Crippen LogP contribution < -0.4 is 11.1 Å². The van der Waals surface area contributed by atoms with Crippen molar-refractivity contribution < 1.29 is 4.79 Å². The Bertz CT molecular complexity index is 159. The number of nitrogens with zero attached hydrogens (tertiary/aromatic N) is 1. The van der Waals surface area contributed by atoms with E-state index in [9.17, 15) is 4.79 Å². The molecule has 0 aromatic rings. The van der Waals surface area contributed by atoms with Crippen molar-refractivity contribution in [3.8, 4) is 0 Å². The summed E-state index contributed by atoms with van der Waals surface area (Å²) in [6.45, 7) is 4.08. The first-order chi connectivity index (χ1) is 6.61. The summed E-state index contributed by atoms with van der Waals surface area (Å²) in [6, 6.07) is 0. The fourth-order valence-electron chi connectivity index (χ4n) is 1.25. The van der Waals surface area contributed by atoms with Gasteiger partial charge in [-0.15, -0.1) is 0 Å². The SMILES string of the molecule is CCCC(CN)C(=O)NCCN(C)C. The van der Waals surface area contributed by atoms with Crippen LogP contribution in [0.3, 0.4) is 0 Å². The molecule has 14 heavy (non-hydrogen) atoms. The van der Waals surface area contributed by atoms with E-state index in [1.54, 1.807) is 0 Å². The van der Waals surface area contributed by atoms with Crippen LogP contribution in [-0.2, 0) is 4.79 Å². The number of hydrogen-bond donors (Lipinski definition) is 2. The van der Waals surface area contributed by atoms with Gasteiger partial charge in [0.15, 0.2) is 0 Å². The summed E-state index contributed by atoms with van der Waals surface area (Å²) in [4.78, 5) is 13.6. The normalized spacial score (nSPS) is 12.9. The average Bonchev–Trinajstić information content (AvgIpc) is 2.13. The van der Waals surface area contributed by atoms with Crippen LogP contribution in [0.2, 0.25) is 0 Å². The van der Waals surface area contributed by atoms with Crippen LogP contribution in [0.25, 0.3) is 0 Å². The highest BCUT2D eigenvalue weighted by Gasteiger charge is 2.14. The Morgan fingerprint density at radius 1 is 1.50 bits per heavy atom. The lowest BCUT2D eigenvalue weighted by molar-refractivity contribution is -0.124. The third-order valence-corrected chi connectivity index (χ3v) is 2.15. The molecule has 84 valence electrons. The van der Waals surface area contributed by atoms with Gasteiger partial charge in [0.05, 0.1) is 5.92 Å². The minimum Gasteiger partial charge on any atom is -0.355 e. The van der Waals surface area contributed by atoms with Crippen LogP contribution in [0.1, 0.15) is 19.8 Å². The molecule has 0 aromatic carbocycles. The second-order valence-corrected chi connectivity index (χ2v) is 3.82. The smallest absolute Gasteiger partial charge is 0.224 e. The van der Waals surface area contributed by atoms with Gasteiger partial charge < -0.3 is 16.0 Å². The van der Waals surface area contributed by atoms with Gasteiger partial charge in [-0.2, -0.15) is 0 Å². The lowest BCUT2D eigenvalue weighted by Gasteiger charge is -2.15. The van der Waals surface area contributed by atoms with Crippen molar-refractivity contribution >= 4 is 5.91 Å². The average molecular weight is 201 g/mol. The van der Waals surface area contributed by atoms with Gasteiger partial charge in [0, 0.05) is 19.6 Å². The second kappa shape index (κ2) is 7.76. The number of likely N-dealkylation sites (N-methyl/N-ethyl adjacent to an activating group) is 1. The van der Waals surface area contributed by atoms with Gasteiger partial charge in [0.25, 0.3) is 0 Å². The molecule has 0 aliphatic carbocycles. The monoisotopic (exact) mass is 201 g/mol. The number of carbonyl (C=O) groups excluding carboxylic acids is 1. The van der Waals surface area contributed by atoms with Crippen molar-refractivity contribution in [1.82, 2.24) is 10.2 Å². The first kappa shape index (κ1) is 13.4. The van der Waals surface area contributed by atoms with Gasteiger partial charge >= 0.3 is 0 Å². The maximum Gasteiger partial charge on any atom is 0.224 e. The first-order valence-electron chi connectivity index (χ1n) is 5.24. The van der Waals surface area contributed by atoms with Crippen molar-refractivity contribution in [1.29, 1.82) is 0 Å². The number of nitrogens with one attached hydrogen (secondary N) is 1. The topological polar surface area (TPSA) is 58.4 Å². The van der Waals surface area contributed by atoms with E-state index >= 15 is 0 Å². The molecule has 0 aliphatic rings. The molecule has 4 heteroatoms. The summed E-state index contributed by atoms with van der Waals surface area (Å²) in [5, 5.41) is 2.89. The lowest BCUT2D eigenvalue weighted by atomic mass is 10.0. The fourth-order valence-corrected chi connectivity index (χ4v) is 1.25. The summed E-state index contributed by atoms with van der Waals surface area (Å²) in [5.74, 6) is 0.0818. The zero-order valence-corrected chi connectivity index (χ0v) is 9.55. The Hall–Kier alpha value is -0.610. The van der Waals surface area contributed by atoms with Crippen LogP contribution in [0.15, 0.2) is 0 Å². The van der Waals surface area contributed by atoms with Crippen molar-refractivity contribution in [3.05, 3.63) is 0 Å². The molecule has 3 N–H and O–H groups in total. The van der Waals surface area contributed by atoms with Crippen LogP contribution in [-0.4, -0.2) is 44.5 Å². The maximum absolute atomic E-state index is 11.5. The van der Waals surface area contributed by atoms with E-state index in [2.05, 4.69) is 12.2 Å². The van der Waals surface area contributed by atoms with Crippen molar-refractivity contribution in [3.63, 3.8) is 0 Å². The Morgan fingerprint density at radius 3 is 2.57 bits per heavy atom. The molecule has 0 bridgehead atoms. The van der Waals surface area contributed by atoms with Crippen LogP contribution in [0.5, 0.6) is 0 Å². The minimum atomic E-state index is -0.0119. The lowest BCUT2D eigenvalue weighted by Crippen LogP contribution is -2.38. The summed E-state index contributed by atoms with van der Waals surface area (Å²) >= 11 is 0. The predicted octanol–water partition coefficient (Wildman–Crippen LogP) is 0.0392. The van der Waals surface area contributed by atoms with E-state index in [0.29, 0.717) is 13.1 Å². The molecule has 0 radical (unpaired) electrons. The molecular formula is C10H23N3O. The molecule has 0 fully saturated rings. The highest BCUT2D eigenvalue weighted by atomic mass is 16.1. The number of hydrogen-bond acceptors (Lipinski definition) is 3. The summed E-state index contributed by atoms with van der Waals surface area (Å²) in [7, 11) is 3.97. The third-order valence-electron chi connectivity index (χ3n) is 2.15. The van der Waals surface area contributed by atoms with Gasteiger partial charge in [-0.1, -0.05) is 13.3 Å². The van der Waals surface area contributed by atoms with Crippen molar-refractivity contribution in [2.75, 3.05) is 33.7 Å². The van der Waals surface area contributed by atoms with E-state index in [4.69, 9.17) is 5.73 Å². The van der Waals surface area contributed by atoms with E-state index in [1.165, 1.54) is 0 Å². The molecule has 0 saturated heterocycles. The molecule has 4 nitrogen and oxygen atoms in total. The molecule has 0 rings (SSSR count). The van der Waals surface area contributed by atoms with Crippen molar-refractivity contribution in [2.24, 2.45) is 11.7 Å². The highest BCUT2D eigenvalue weighted by Crippen LogP contribution is 2.03. The maximum atomic E-state index is 11.5. The quantitative estimate of drug-likeness (QED) is 0.611. The Balaban J connectivity index is 3.69. The number of rotatable bonds is 7. The molecular weight excluding hydrogens is 178 g/mol. The van der Waals surface area contributed by atoms with Crippen molar-refractivity contribution in [2.45, 2.75) is 19.8 Å². The van der Waals surface area contributed by atoms with E-state index in [-0.39, 0.29) is 11.8 Å². The van der Waals surface area contributed by atoms with Gasteiger partial charge in [0.2, 0.25) is 5.91 Å². The standard InChI is InChI=1S/C10H23N3O/c1-4-5-9(8-11)10(14)12-6-7-13(2)3/h9H,4-8,11H2,1-3H3,(H,12,14). The predicted molar refractivity (Wildman–Crippen MR) is 59.0 cm³/mol. The molecule has 0 heterocycles. The number of amides is 1. The van der Waals surface area contributed by atoms with E-state index in [0.717, 1.165) is 19.4 Å². The molecule has 1 amide bonds. The summed E-state index contributed by atoms with van der Waals surface area (Å²) in [5.41, 5.74) is 5.52. The zero-order chi connectivity index (χ0) is 11.0. The number of nitrogens with two attached hydrogens (primary N) is 1. The summed E-state index contributed by atoms with van der Waals surface area (Å²) < 4.78 is 0. The molecule has 0 aliphatic heterocycles. The highest BCUT2D eigenvalue weighted by molar-refractivity contribution is 5.78. The van der Waals surface area contributed by atoms with Gasteiger partial charge in [-0.25, -0.2) is 0 Å². The van der Waals surface area contributed by atoms with E-state index in [1.807, 2.05) is 19.0 Å². The molecule has 1 unspecified atom stereocenters. The second-order valence-electron chi connectivity index (χ2n) is 3.82. The Kier molecular flexibility index (Phi) is 7.42. The fraction of sp³-hybridized carbons (Fsp3) is 0.900. The van der Waals surface area contributed by atoms with E-state index < -0.39 is 0 Å². The summed E-state index contributed by atoms with van der Waals surface area (Å²) in [6.07, 6.45) is 1.88. The molecule has 1 atom stereocenters. The van der Waals surface area contributed by atoms with Gasteiger partial charge in [-0.05, 0) is 20.5 Å². The van der Waals surface area contributed by atoms with Gasteiger partial charge in [-0.3, -0.25) is 4.79 Å². The largest absolute Gasteiger partial charge is 0.355 e. The molecule has 0 aromatic heterocycles. The minimum absolute atomic E-state index is 0.0119. The van der Waals surface area contributed by atoms with Crippen LogP contribution in [0, 0.1) is 5.92 Å². The Morgan fingerprint density at radius 2 is 2.14 bits per heavy atom. The van der Waals surface area contributed by atoms with Crippen LogP contribution in [0.4, 0.5) is 0 Å². The van der Waals surface area contributed by atoms with Crippen LogP contribution >= 0.6 is 0 Å². The Labute approximate surface area is 86.8 Å². The zero-order valence-electron chi connectivity index (χ0n) is 9.55. The van der Waals surface area contributed by atoms with Gasteiger partial charge in [0.1, 0.15) is 0 Å². The number of carbonyl (C=O) groups is 1. The first-order valence-corrected chi connectivity index (χ1v) is 5.24. The molecule has 0 spiro atoms.